The van der Waals surface area contributed by atoms with Crippen molar-refractivity contribution in [3.8, 4) is 5.75 Å². The summed E-state index contributed by atoms with van der Waals surface area (Å²) in [5.41, 5.74) is 6.53. The van der Waals surface area contributed by atoms with Crippen molar-refractivity contribution in [2.75, 3.05) is 11.9 Å². The smallest absolute Gasteiger partial charge is 0.275 e. The standard InChI is InChI=1S/C13H15N3O2S/c1-2-18-10-5-3-4-9(6-10)15-13(17)11-8-19-12(7-14)16-11/h3-6,8H,2,7,14H2,1H3,(H,15,17). The van der Waals surface area contributed by atoms with Crippen molar-refractivity contribution < 1.29 is 9.53 Å². The number of aromatic nitrogens is 1. The van der Waals surface area contributed by atoms with Gasteiger partial charge < -0.3 is 15.8 Å². The number of nitrogens with two attached hydrogens (primary N) is 1. The molecular weight excluding hydrogens is 262 g/mol. The van der Waals surface area contributed by atoms with Crippen LogP contribution in [0.2, 0.25) is 0 Å². The maximum atomic E-state index is 12.0. The van der Waals surface area contributed by atoms with Crippen molar-refractivity contribution in [3.63, 3.8) is 0 Å². The molecule has 0 saturated heterocycles. The Morgan fingerprint density at radius 1 is 1.53 bits per heavy atom. The summed E-state index contributed by atoms with van der Waals surface area (Å²) in [7, 11) is 0. The van der Waals surface area contributed by atoms with Crippen LogP contribution < -0.4 is 15.8 Å². The molecule has 0 radical (unpaired) electrons. The minimum atomic E-state index is -0.246. The van der Waals surface area contributed by atoms with Gasteiger partial charge in [0.25, 0.3) is 5.91 Å². The summed E-state index contributed by atoms with van der Waals surface area (Å²) in [5, 5.41) is 5.22. The van der Waals surface area contributed by atoms with E-state index in [9.17, 15) is 4.79 Å². The van der Waals surface area contributed by atoms with Gasteiger partial charge in [-0.2, -0.15) is 0 Å². The molecule has 6 heteroatoms. The maximum Gasteiger partial charge on any atom is 0.275 e. The molecule has 100 valence electrons. The van der Waals surface area contributed by atoms with Crippen LogP contribution in [0.25, 0.3) is 0 Å². The first-order valence-corrected chi connectivity index (χ1v) is 6.79. The molecule has 2 rings (SSSR count). The van der Waals surface area contributed by atoms with E-state index in [2.05, 4.69) is 10.3 Å². The van der Waals surface area contributed by atoms with Crippen LogP contribution in [0.15, 0.2) is 29.6 Å². The monoisotopic (exact) mass is 277 g/mol. The molecule has 0 bridgehead atoms. The van der Waals surface area contributed by atoms with Gasteiger partial charge in [0.1, 0.15) is 16.5 Å². The van der Waals surface area contributed by atoms with Crippen LogP contribution in [-0.4, -0.2) is 17.5 Å². The summed E-state index contributed by atoms with van der Waals surface area (Å²) >= 11 is 1.38. The van der Waals surface area contributed by atoms with Crippen molar-refractivity contribution in [2.24, 2.45) is 5.73 Å². The summed E-state index contributed by atoms with van der Waals surface area (Å²) in [4.78, 5) is 16.1. The van der Waals surface area contributed by atoms with Crippen LogP contribution in [0.4, 0.5) is 5.69 Å². The molecule has 2 aromatic rings. The highest BCUT2D eigenvalue weighted by molar-refractivity contribution is 7.09. The second-order valence-corrected chi connectivity index (χ2v) is 4.69. The third-order valence-electron chi connectivity index (χ3n) is 2.36. The number of carbonyl (C=O) groups excluding carboxylic acids is 1. The van der Waals surface area contributed by atoms with E-state index in [4.69, 9.17) is 10.5 Å². The van der Waals surface area contributed by atoms with Crippen molar-refractivity contribution in [3.05, 3.63) is 40.3 Å². The van der Waals surface area contributed by atoms with Gasteiger partial charge in [-0.3, -0.25) is 4.79 Å². The normalized spacial score (nSPS) is 10.2. The number of anilines is 1. The molecule has 1 amide bonds. The number of ether oxygens (including phenoxy) is 1. The highest BCUT2D eigenvalue weighted by atomic mass is 32.1. The summed E-state index contributed by atoms with van der Waals surface area (Å²) < 4.78 is 5.37. The summed E-state index contributed by atoms with van der Waals surface area (Å²) in [6.07, 6.45) is 0. The minimum absolute atomic E-state index is 0.246. The Morgan fingerprint density at radius 3 is 3.05 bits per heavy atom. The Hall–Kier alpha value is -1.92. The van der Waals surface area contributed by atoms with Gasteiger partial charge in [-0.25, -0.2) is 4.98 Å². The van der Waals surface area contributed by atoms with Crippen LogP contribution in [0.1, 0.15) is 22.4 Å². The lowest BCUT2D eigenvalue weighted by molar-refractivity contribution is 0.102. The zero-order valence-corrected chi connectivity index (χ0v) is 11.4. The molecule has 0 aliphatic heterocycles. The summed E-state index contributed by atoms with van der Waals surface area (Å²) in [6.45, 7) is 2.84. The highest BCUT2D eigenvalue weighted by Crippen LogP contribution is 2.18. The van der Waals surface area contributed by atoms with Gasteiger partial charge in [0.2, 0.25) is 0 Å². The van der Waals surface area contributed by atoms with Gasteiger partial charge >= 0.3 is 0 Å². The Morgan fingerprint density at radius 2 is 2.37 bits per heavy atom. The Balaban J connectivity index is 2.07. The fraction of sp³-hybridized carbons (Fsp3) is 0.231. The number of nitrogens with one attached hydrogen (secondary N) is 1. The molecule has 1 aromatic carbocycles. The van der Waals surface area contributed by atoms with E-state index < -0.39 is 0 Å². The average molecular weight is 277 g/mol. The topological polar surface area (TPSA) is 77.2 Å². The van der Waals surface area contributed by atoms with Crippen LogP contribution >= 0.6 is 11.3 Å². The molecule has 3 N–H and O–H groups in total. The van der Waals surface area contributed by atoms with Gasteiger partial charge in [-0.05, 0) is 19.1 Å². The largest absolute Gasteiger partial charge is 0.494 e. The molecule has 5 nitrogen and oxygen atoms in total. The van der Waals surface area contributed by atoms with E-state index in [1.54, 1.807) is 17.5 Å². The fourth-order valence-corrected chi connectivity index (χ4v) is 2.19. The van der Waals surface area contributed by atoms with E-state index in [0.29, 0.717) is 24.5 Å². The first-order valence-electron chi connectivity index (χ1n) is 5.91. The summed E-state index contributed by atoms with van der Waals surface area (Å²) in [6, 6.07) is 7.25. The first-order chi connectivity index (χ1) is 9.22. The van der Waals surface area contributed by atoms with Crippen molar-refractivity contribution >= 4 is 22.9 Å². The first kappa shape index (κ1) is 13.5. The number of rotatable bonds is 5. The lowest BCUT2D eigenvalue weighted by atomic mass is 10.3. The third-order valence-corrected chi connectivity index (χ3v) is 3.23. The van der Waals surface area contributed by atoms with Crippen LogP contribution in [0.5, 0.6) is 5.75 Å². The molecule has 0 fully saturated rings. The van der Waals surface area contributed by atoms with E-state index in [-0.39, 0.29) is 5.91 Å². The van der Waals surface area contributed by atoms with Gasteiger partial charge in [0.05, 0.1) is 6.61 Å². The Labute approximate surface area is 115 Å². The number of hydrogen-bond acceptors (Lipinski definition) is 5. The van der Waals surface area contributed by atoms with E-state index in [0.717, 1.165) is 10.8 Å². The molecule has 1 heterocycles. The SMILES string of the molecule is CCOc1cccc(NC(=O)c2csc(CN)n2)c1. The molecule has 0 atom stereocenters. The molecule has 0 saturated carbocycles. The van der Waals surface area contributed by atoms with Crippen LogP contribution in [0.3, 0.4) is 0 Å². The minimum Gasteiger partial charge on any atom is -0.494 e. The molecule has 0 spiro atoms. The number of thiazole rings is 1. The van der Waals surface area contributed by atoms with Gasteiger partial charge in [0.15, 0.2) is 0 Å². The summed E-state index contributed by atoms with van der Waals surface area (Å²) in [5.74, 6) is 0.478. The van der Waals surface area contributed by atoms with Crippen molar-refractivity contribution in [1.82, 2.24) is 4.98 Å². The third kappa shape index (κ3) is 3.52. The van der Waals surface area contributed by atoms with E-state index >= 15 is 0 Å². The Kier molecular flexibility index (Phi) is 4.48. The number of carbonyl (C=O) groups is 1. The zero-order valence-electron chi connectivity index (χ0n) is 10.6. The van der Waals surface area contributed by atoms with Gasteiger partial charge in [-0.1, -0.05) is 6.07 Å². The molecular formula is C13H15N3O2S. The molecule has 1 aromatic heterocycles. The Bertz CT molecular complexity index is 569. The quantitative estimate of drug-likeness (QED) is 0.878. The van der Waals surface area contributed by atoms with Crippen molar-refractivity contribution in [2.45, 2.75) is 13.5 Å². The molecule has 19 heavy (non-hydrogen) atoms. The van der Waals surface area contributed by atoms with E-state index in [1.807, 2.05) is 19.1 Å². The number of amides is 1. The molecule has 0 aliphatic carbocycles. The molecule has 0 unspecified atom stereocenters. The van der Waals surface area contributed by atoms with Gasteiger partial charge in [-0.15, -0.1) is 11.3 Å². The number of nitrogens with zero attached hydrogens (tertiary/aromatic N) is 1. The second kappa shape index (κ2) is 6.31. The predicted molar refractivity (Wildman–Crippen MR) is 75.6 cm³/mol. The zero-order chi connectivity index (χ0) is 13.7. The lowest BCUT2D eigenvalue weighted by Gasteiger charge is -2.06. The van der Waals surface area contributed by atoms with Crippen LogP contribution in [-0.2, 0) is 6.54 Å². The predicted octanol–water partition coefficient (Wildman–Crippen LogP) is 2.25. The average Bonchev–Trinajstić information content (AvgIpc) is 2.88. The van der Waals surface area contributed by atoms with Gasteiger partial charge in [0, 0.05) is 23.7 Å². The molecule has 0 aliphatic rings. The number of hydrogen-bond donors (Lipinski definition) is 2. The highest BCUT2D eigenvalue weighted by Gasteiger charge is 2.10. The van der Waals surface area contributed by atoms with Crippen LogP contribution in [0, 0.1) is 0 Å². The van der Waals surface area contributed by atoms with E-state index in [1.165, 1.54) is 11.3 Å². The van der Waals surface area contributed by atoms with Crippen molar-refractivity contribution in [1.29, 1.82) is 0 Å². The second-order valence-electron chi connectivity index (χ2n) is 3.75. The number of benzene rings is 1. The maximum absolute atomic E-state index is 12.0. The lowest BCUT2D eigenvalue weighted by Crippen LogP contribution is -2.12. The fourth-order valence-electron chi connectivity index (χ4n) is 1.53.